The number of para-hydroxylation sites is 1. The fourth-order valence-corrected chi connectivity index (χ4v) is 3.33. The van der Waals surface area contributed by atoms with Crippen LogP contribution in [0.15, 0.2) is 35.2 Å². The van der Waals surface area contributed by atoms with Gasteiger partial charge in [0.05, 0.1) is 23.3 Å². The van der Waals surface area contributed by atoms with Crippen molar-refractivity contribution in [3.05, 3.63) is 46.4 Å². The lowest BCUT2D eigenvalue weighted by atomic mass is 10.1. The summed E-state index contributed by atoms with van der Waals surface area (Å²) in [7, 11) is 1.63. The van der Waals surface area contributed by atoms with Crippen molar-refractivity contribution in [3.8, 4) is 5.75 Å². The van der Waals surface area contributed by atoms with Crippen molar-refractivity contribution < 1.29 is 14.3 Å². The minimum atomic E-state index is -0.0431. The number of thiazole rings is 1. The Bertz CT molecular complexity index is 743. The lowest BCUT2D eigenvalue weighted by molar-refractivity contribution is -0.122. The first-order valence-electron chi connectivity index (χ1n) is 8.48. The van der Waals surface area contributed by atoms with Gasteiger partial charge in [0.15, 0.2) is 0 Å². The molecule has 1 aromatic heterocycles. The molecule has 1 saturated heterocycles. The highest BCUT2D eigenvalue weighted by molar-refractivity contribution is 7.07. The fourth-order valence-electron chi connectivity index (χ4n) is 2.79. The van der Waals surface area contributed by atoms with Crippen LogP contribution in [0.2, 0.25) is 0 Å². The second kappa shape index (κ2) is 8.77. The average Bonchev–Trinajstić information content (AvgIpc) is 3.20. The molecule has 1 aliphatic rings. The molecule has 2 aromatic rings. The second-order valence-electron chi connectivity index (χ2n) is 6.01. The molecule has 26 heavy (non-hydrogen) atoms. The maximum atomic E-state index is 12.9. The molecule has 0 saturated carbocycles. The normalized spacial score (nSPS) is 14.9. The SMILES string of the molecule is CNC(=O)CN1CCN(C(=O)c2ccccc2OCc2cscn2)CC1. The number of piperazine rings is 1. The zero-order valence-corrected chi connectivity index (χ0v) is 15.5. The molecule has 0 atom stereocenters. The lowest BCUT2D eigenvalue weighted by Gasteiger charge is -2.34. The van der Waals surface area contributed by atoms with Crippen LogP contribution in [-0.4, -0.2) is 66.4 Å². The Morgan fingerprint density at radius 3 is 2.69 bits per heavy atom. The first-order chi connectivity index (χ1) is 12.7. The van der Waals surface area contributed by atoms with Crippen LogP contribution < -0.4 is 10.1 Å². The molecule has 0 unspecified atom stereocenters. The molecule has 1 aromatic carbocycles. The smallest absolute Gasteiger partial charge is 0.257 e. The van der Waals surface area contributed by atoms with E-state index in [-0.39, 0.29) is 11.8 Å². The van der Waals surface area contributed by atoms with E-state index < -0.39 is 0 Å². The number of amides is 2. The predicted molar refractivity (Wildman–Crippen MR) is 99.3 cm³/mol. The summed E-state index contributed by atoms with van der Waals surface area (Å²) in [6, 6.07) is 7.29. The first-order valence-corrected chi connectivity index (χ1v) is 9.42. The third-order valence-electron chi connectivity index (χ3n) is 4.28. The van der Waals surface area contributed by atoms with Crippen LogP contribution in [0.4, 0.5) is 0 Å². The Morgan fingerprint density at radius 2 is 2.00 bits per heavy atom. The number of nitrogens with zero attached hydrogens (tertiary/aromatic N) is 3. The van der Waals surface area contributed by atoms with E-state index in [4.69, 9.17) is 4.74 Å². The first kappa shape index (κ1) is 18.3. The van der Waals surface area contributed by atoms with Gasteiger partial charge in [-0.1, -0.05) is 12.1 Å². The third kappa shape index (κ3) is 4.59. The van der Waals surface area contributed by atoms with Gasteiger partial charge in [-0.3, -0.25) is 14.5 Å². The number of aromatic nitrogens is 1. The van der Waals surface area contributed by atoms with Crippen LogP contribution in [0, 0.1) is 0 Å². The van der Waals surface area contributed by atoms with E-state index in [0.717, 1.165) is 5.69 Å². The Kier molecular flexibility index (Phi) is 6.19. The van der Waals surface area contributed by atoms with E-state index in [1.54, 1.807) is 24.7 Å². The zero-order valence-electron chi connectivity index (χ0n) is 14.7. The average molecular weight is 374 g/mol. The number of hydrogen-bond donors (Lipinski definition) is 1. The van der Waals surface area contributed by atoms with Gasteiger partial charge in [-0.15, -0.1) is 11.3 Å². The van der Waals surface area contributed by atoms with Crippen LogP contribution in [-0.2, 0) is 11.4 Å². The summed E-state index contributed by atoms with van der Waals surface area (Å²) in [4.78, 5) is 32.4. The Morgan fingerprint density at radius 1 is 1.23 bits per heavy atom. The van der Waals surface area contributed by atoms with Gasteiger partial charge in [-0.2, -0.15) is 0 Å². The topological polar surface area (TPSA) is 74.8 Å². The van der Waals surface area contributed by atoms with Gasteiger partial charge in [-0.25, -0.2) is 4.98 Å². The molecule has 2 amide bonds. The van der Waals surface area contributed by atoms with E-state index in [2.05, 4.69) is 10.3 Å². The highest BCUT2D eigenvalue weighted by Gasteiger charge is 2.25. The summed E-state index contributed by atoms with van der Waals surface area (Å²) in [6.45, 7) is 3.26. The van der Waals surface area contributed by atoms with Gasteiger partial charge in [0.25, 0.3) is 5.91 Å². The standard InChI is InChI=1S/C18H22N4O3S/c1-19-17(23)10-21-6-8-22(9-7-21)18(24)15-4-2-3-5-16(15)25-11-14-12-26-13-20-14/h2-5,12-13H,6-11H2,1H3,(H,19,23). The molecule has 1 aliphatic heterocycles. The van der Waals surface area contributed by atoms with Crippen molar-refractivity contribution in [1.29, 1.82) is 0 Å². The molecule has 0 aliphatic carbocycles. The molecular weight excluding hydrogens is 352 g/mol. The molecule has 2 heterocycles. The van der Waals surface area contributed by atoms with Gasteiger partial charge < -0.3 is 15.0 Å². The molecule has 0 spiro atoms. The van der Waals surface area contributed by atoms with Crippen molar-refractivity contribution in [2.45, 2.75) is 6.61 Å². The van der Waals surface area contributed by atoms with Crippen LogP contribution in [0.25, 0.3) is 0 Å². The minimum Gasteiger partial charge on any atom is -0.486 e. The van der Waals surface area contributed by atoms with Gasteiger partial charge in [0.1, 0.15) is 12.4 Å². The zero-order chi connectivity index (χ0) is 18.4. The van der Waals surface area contributed by atoms with Gasteiger partial charge in [0.2, 0.25) is 5.91 Å². The molecule has 138 valence electrons. The molecule has 8 heteroatoms. The maximum absolute atomic E-state index is 12.9. The number of ether oxygens (including phenoxy) is 1. The summed E-state index contributed by atoms with van der Waals surface area (Å²) in [5.74, 6) is 0.516. The van der Waals surface area contributed by atoms with E-state index in [0.29, 0.717) is 50.6 Å². The molecule has 1 fully saturated rings. The maximum Gasteiger partial charge on any atom is 0.257 e. The van der Waals surface area contributed by atoms with E-state index in [9.17, 15) is 9.59 Å². The van der Waals surface area contributed by atoms with Crippen molar-refractivity contribution in [1.82, 2.24) is 20.1 Å². The van der Waals surface area contributed by atoms with E-state index in [1.807, 2.05) is 27.3 Å². The second-order valence-corrected chi connectivity index (χ2v) is 6.72. The van der Waals surface area contributed by atoms with Crippen molar-refractivity contribution >= 4 is 23.2 Å². The van der Waals surface area contributed by atoms with Crippen LogP contribution in [0.3, 0.4) is 0 Å². The summed E-state index contributed by atoms with van der Waals surface area (Å²) in [5.41, 5.74) is 3.16. The Hall–Kier alpha value is -2.45. The van der Waals surface area contributed by atoms with Crippen LogP contribution in [0.1, 0.15) is 16.1 Å². The van der Waals surface area contributed by atoms with Crippen LogP contribution >= 0.6 is 11.3 Å². The van der Waals surface area contributed by atoms with Crippen molar-refractivity contribution in [2.24, 2.45) is 0 Å². The highest BCUT2D eigenvalue weighted by Crippen LogP contribution is 2.22. The summed E-state index contributed by atoms with van der Waals surface area (Å²) in [5, 5.41) is 4.55. The number of carbonyl (C=O) groups is 2. The minimum absolute atomic E-state index is 0.00874. The number of carbonyl (C=O) groups excluding carboxylic acids is 2. The molecule has 1 N–H and O–H groups in total. The van der Waals surface area contributed by atoms with Gasteiger partial charge in [0, 0.05) is 38.6 Å². The van der Waals surface area contributed by atoms with Gasteiger partial charge in [-0.05, 0) is 12.1 Å². The highest BCUT2D eigenvalue weighted by atomic mass is 32.1. The lowest BCUT2D eigenvalue weighted by Crippen LogP contribution is -2.50. The molecule has 0 bridgehead atoms. The Labute approximate surface area is 156 Å². The number of likely N-dealkylation sites (N-methyl/N-ethyl adjacent to an activating group) is 1. The van der Waals surface area contributed by atoms with E-state index in [1.165, 1.54) is 11.3 Å². The quantitative estimate of drug-likeness (QED) is 0.823. The predicted octanol–water partition coefficient (Wildman–Crippen LogP) is 1.23. The fraction of sp³-hybridized carbons (Fsp3) is 0.389. The molecule has 3 rings (SSSR count). The number of benzene rings is 1. The summed E-state index contributed by atoms with van der Waals surface area (Å²) in [6.07, 6.45) is 0. The number of hydrogen-bond acceptors (Lipinski definition) is 6. The van der Waals surface area contributed by atoms with Crippen LogP contribution in [0.5, 0.6) is 5.75 Å². The Balaban J connectivity index is 1.60. The van der Waals surface area contributed by atoms with Crippen molar-refractivity contribution in [2.75, 3.05) is 39.8 Å². The third-order valence-corrected chi connectivity index (χ3v) is 4.92. The summed E-state index contributed by atoms with van der Waals surface area (Å²) >= 11 is 1.51. The largest absolute Gasteiger partial charge is 0.486 e. The summed E-state index contributed by atoms with van der Waals surface area (Å²) < 4.78 is 5.82. The number of rotatable bonds is 6. The number of nitrogens with one attached hydrogen (secondary N) is 1. The van der Waals surface area contributed by atoms with E-state index >= 15 is 0 Å². The molecular formula is C18H22N4O3S. The van der Waals surface area contributed by atoms with Crippen molar-refractivity contribution in [3.63, 3.8) is 0 Å². The molecule has 7 nitrogen and oxygen atoms in total. The molecule has 0 radical (unpaired) electrons. The van der Waals surface area contributed by atoms with Gasteiger partial charge >= 0.3 is 0 Å². The monoisotopic (exact) mass is 374 g/mol.